The lowest BCUT2D eigenvalue weighted by Crippen LogP contribution is -2.44. The molecule has 18 heavy (non-hydrogen) atoms. The van der Waals surface area contributed by atoms with Crippen LogP contribution < -0.4 is 5.32 Å². The lowest BCUT2D eigenvalue weighted by Gasteiger charge is -2.32. The number of carbonyl (C=O) groups excluding carboxylic acids is 2. The summed E-state index contributed by atoms with van der Waals surface area (Å²) in [5.74, 6) is -0.181. The summed E-state index contributed by atoms with van der Waals surface area (Å²) in [5.41, 5.74) is 0. The quantitative estimate of drug-likeness (QED) is 0.534. The van der Waals surface area contributed by atoms with Crippen LogP contribution >= 0.6 is 0 Å². The third-order valence-electron chi connectivity index (χ3n) is 3.62. The molecule has 0 radical (unpaired) electrons. The van der Waals surface area contributed by atoms with Gasteiger partial charge >= 0.3 is 6.03 Å². The van der Waals surface area contributed by atoms with Crippen LogP contribution in [-0.2, 0) is 4.79 Å². The predicted octanol–water partition coefficient (Wildman–Crippen LogP) is -0.434. The van der Waals surface area contributed by atoms with Crippen molar-refractivity contribution in [3.8, 4) is 0 Å². The number of nitrogens with one attached hydrogen (secondary N) is 1. The van der Waals surface area contributed by atoms with Crippen molar-refractivity contribution in [3.63, 3.8) is 0 Å². The van der Waals surface area contributed by atoms with Crippen molar-refractivity contribution >= 4 is 11.9 Å². The molecule has 2 saturated heterocycles. The third-order valence-corrected chi connectivity index (χ3v) is 3.62. The average molecular weight is 254 g/mol. The molecule has 0 atom stereocenters. The molecule has 0 aliphatic carbocycles. The Morgan fingerprint density at radius 2 is 1.72 bits per heavy atom. The van der Waals surface area contributed by atoms with E-state index in [1.165, 1.54) is 0 Å². The Hall–Kier alpha value is -1.14. The molecule has 2 fully saturated rings. The molecule has 102 valence electrons. The second-order valence-electron chi connectivity index (χ2n) is 5.13. The zero-order valence-corrected chi connectivity index (χ0v) is 11.0. The Balaban J connectivity index is 1.56. The fourth-order valence-corrected chi connectivity index (χ4v) is 2.37. The van der Waals surface area contributed by atoms with E-state index < -0.39 is 0 Å². The number of rotatable bonds is 5. The summed E-state index contributed by atoms with van der Waals surface area (Å²) in [5, 5.41) is 2.29. The summed E-state index contributed by atoms with van der Waals surface area (Å²) >= 11 is 0. The van der Waals surface area contributed by atoms with Gasteiger partial charge in [-0.05, 0) is 26.4 Å². The van der Waals surface area contributed by atoms with Crippen molar-refractivity contribution in [2.45, 2.75) is 12.8 Å². The van der Waals surface area contributed by atoms with Gasteiger partial charge in [0.2, 0.25) is 5.91 Å². The van der Waals surface area contributed by atoms with Gasteiger partial charge in [0.05, 0.1) is 0 Å². The Morgan fingerprint density at radius 1 is 1.06 bits per heavy atom. The summed E-state index contributed by atoms with van der Waals surface area (Å²) in [6.07, 6.45) is 2.05. The second kappa shape index (κ2) is 6.15. The minimum atomic E-state index is -0.236. The van der Waals surface area contributed by atoms with Crippen molar-refractivity contribution in [3.05, 3.63) is 0 Å². The molecule has 0 aromatic carbocycles. The maximum absolute atomic E-state index is 11.3. The number of likely N-dealkylation sites (N-methyl/N-ethyl adjacent to an activating group) is 1. The van der Waals surface area contributed by atoms with Crippen LogP contribution in [0.25, 0.3) is 0 Å². The van der Waals surface area contributed by atoms with E-state index in [1.54, 1.807) is 4.90 Å². The van der Waals surface area contributed by atoms with Crippen LogP contribution in [0.1, 0.15) is 12.8 Å². The highest BCUT2D eigenvalue weighted by atomic mass is 16.2. The van der Waals surface area contributed by atoms with Gasteiger partial charge in [-0.1, -0.05) is 0 Å². The number of hydrogen-bond acceptors (Lipinski definition) is 4. The van der Waals surface area contributed by atoms with E-state index in [2.05, 4.69) is 22.2 Å². The number of hydrogen-bond donors (Lipinski definition) is 1. The van der Waals surface area contributed by atoms with Crippen LogP contribution in [0.2, 0.25) is 0 Å². The van der Waals surface area contributed by atoms with Crippen molar-refractivity contribution in [2.75, 3.05) is 52.9 Å². The molecule has 2 heterocycles. The van der Waals surface area contributed by atoms with Gasteiger partial charge < -0.3 is 14.7 Å². The lowest BCUT2D eigenvalue weighted by molar-refractivity contribution is -0.118. The number of piperazine rings is 1. The molecule has 6 nitrogen and oxygen atoms in total. The molecule has 0 saturated carbocycles. The molecule has 2 aliphatic heterocycles. The van der Waals surface area contributed by atoms with E-state index in [1.807, 2.05) is 0 Å². The molecule has 1 N–H and O–H groups in total. The molecule has 2 aliphatic rings. The lowest BCUT2D eigenvalue weighted by atomic mass is 10.2. The van der Waals surface area contributed by atoms with E-state index in [0.717, 1.165) is 45.6 Å². The topological polar surface area (TPSA) is 55.9 Å². The summed E-state index contributed by atoms with van der Waals surface area (Å²) in [6, 6.07) is -0.236. The number of unbranched alkanes of at least 4 members (excludes halogenated alkanes) is 1. The highest BCUT2D eigenvalue weighted by Gasteiger charge is 2.25. The maximum atomic E-state index is 11.3. The first-order valence-electron chi connectivity index (χ1n) is 6.65. The van der Waals surface area contributed by atoms with Crippen molar-refractivity contribution in [1.29, 1.82) is 0 Å². The van der Waals surface area contributed by atoms with Crippen molar-refractivity contribution < 1.29 is 9.59 Å². The number of carbonyl (C=O) groups is 2. The van der Waals surface area contributed by atoms with Crippen LogP contribution in [0.3, 0.4) is 0 Å². The molecule has 2 rings (SSSR count). The number of imide groups is 1. The number of amides is 3. The molecule has 3 amide bonds. The van der Waals surface area contributed by atoms with Crippen molar-refractivity contribution in [1.82, 2.24) is 20.0 Å². The molecule has 0 aromatic heterocycles. The maximum Gasteiger partial charge on any atom is 0.324 e. The first kappa shape index (κ1) is 13.3. The zero-order valence-electron chi connectivity index (χ0n) is 11.0. The summed E-state index contributed by atoms with van der Waals surface area (Å²) in [6.45, 7) is 6.57. The van der Waals surface area contributed by atoms with E-state index >= 15 is 0 Å². The fourth-order valence-electron chi connectivity index (χ4n) is 2.37. The van der Waals surface area contributed by atoms with Crippen LogP contribution in [0, 0.1) is 0 Å². The summed E-state index contributed by atoms with van der Waals surface area (Å²) in [7, 11) is 2.15. The smallest absolute Gasteiger partial charge is 0.315 e. The fraction of sp³-hybridized carbons (Fsp3) is 0.833. The molecule has 0 unspecified atom stereocenters. The minimum Gasteiger partial charge on any atom is -0.315 e. The van der Waals surface area contributed by atoms with Gasteiger partial charge in [-0.2, -0.15) is 0 Å². The van der Waals surface area contributed by atoms with Gasteiger partial charge in [-0.25, -0.2) is 4.79 Å². The molecular weight excluding hydrogens is 232 g/mol. The van der Waals surface area contributed by atoms with Gasteiger partial charge in [0, 0.05) is 32.7 Å². The Morgan fingerprint density at radius 3 is 2.33 bits per heavy atom. The minimum absolute atomic E-state index is 0.181. The highest BCUT2D eigenvalue weighted by molar-refractivity contribution is 6.01. The largest absolute Gasteiger partial charge is 0.324 e. The molecule has 0 bridgehead atoms. The van der Waals surface area contributed by atoms with Crippen LogP contribution in [0.15, 0.2) is 0 Å². The van der Waals surface area contributed by atoms with E-state index in [4.69, 9.17) is 0 Å². The van der Waals surface area contributed by atoms with Crippen LogP contribution in [0.5, 0.6) is 0 Å². The number of nitrogens with zero attached hydrogens (tertiary/aromatic N) is 3. The van der Waals surface area contributed by atoms with Gasteiger partial charge in [-0.15, -0.1) is 0 Å². The molecule has 0 aromatic rings. The van der Waals surface area contributed by atoms with E-state index in [9.17, 15) is 9.59 Å². The number of urea groups is 1. The van der Waals surface area contributed by atoms with Gasteiger partial charge in [-0.3, -0.25) is 10.1 Å². The van der Waals surface area contributed by atoms with Gasteiger partial charge in [0.25, 0.3) is 0 Å². The highest BCUT2D eigenvalue weighted by Crippen LogP contribution is 2.04. The standard InChI is InChI=1S/C12H22N4O2/c1-14-6-8-15(9-7-14)4-2-3-5-16-10-11(17)13-12(16)18/h2-10H2,1H3,(H,13,17,18). The first-order chi connectivity index (χ1) is 8.65. The van der Waals surface area contributed by atoms with Gasteiger partial charge in [0.1, 0.15) is 6.54 Å². The second-order valence-corrected chi connectivity index (χ2v) is 5.13. The molecule has 6 heteroatoms. The Kier molecular flexibility index (Phi) is 4.54. The summed E-state index contributed by atoms with van der Waals surface area (Å²) in [4.78, 5) is 28.7. The monoisotopic (exact) mass is 254 g/mol. The average Bonchev–Trinajstić information content (AvgIpc) is 2.66. The first-order valence-corrected chi connectivity index (χ1v) is 6.65. The van der Waals surface area contributed by atoms with E-state index in [0.29, 0.717) is 6.54 Å². The Labute approximate surface area is 108 Å². The molecule has 0 spiro atoms. The van der Waals surface area contributed by atoms with E-state index in [-0.39, 0.29) is 18.5 Å². The zero-order chi connectivity index (χ0) is 13.0. The van der Waals surface area contributed by atoms with Crippen LogP contribution in [-0.4, -0.2) is 79.5 Å². The Bertz CT molecular complexity index is 313. The normalized spacial score (nSPS) is 22.6. The van der Waals surface area contributed by atoms with Gasteiger partial charge in [0.15, 0.2) is 0 Å². The SMILES string of the molecule is CN1CCN(CCCCN2CC(=O)NC2=O)CC1. The summed E-state index contributed by atoms with van der Waals surface area (Å²) < 4.78 is 0. The third kappa shape index (κ3) is 3.68. The van der Waals surface area contributed by atoms with Crippen molar-refractivity contribution in [2.24, 2.45) is 0 Å². The molecular formula is C12H22N4O2. The van der Waals surface area contributed by atoms with Crippen LogP contribution in [0.4, 0.5) is 4.79 Å². The predicted molar refractivity (Wildman–Crippen MR) is 68.3 cm³/mol.